The summed E-state index contributed by atoms with van der Waals surface area (Å²) in [5, 5.41) is 13.2. The molecule has 0 spiro atoms. The van der Waals surface area contributed by atoms with Crippen molar-refractivity contribution in [2.24, 2.45) is 4.99 Å². The molecule has 0 saturated heterocycles. The van der Waals surface area contributed by atoms with Crippen LogP contribution in [0.15, 0.2) is 207 Å². The normalized spacial score (nSPS) is 14.7. The first-order valence-electron chi connectivity index (χ1n) is 20.6. The minimum Gasteiger partial charge on any atom is -0.456 e. The zero-order chi connectivity index (χ0) is 39.7. The fraction of sp³-hybridized carbons (Fsp3) is 0.0536. The fourth-order valence-electron chi connectivity index (χ4n) is 9.47. The molecule has 1 atom stereocenters. The van der Waals surface area contributed by atoms with E-state index in [1.807, 2.05) is 12.1 Å². The quantitative estimate of drug-likeness (QED) is 0.190. The van der Waals surface area contributed by atoms with Crippen LogP contribution in [-0.2, 0) is 0 Å². The van der Waals surface area contributed by atoms with Crippen molar-refractivity contribution in [1.29, 1.82) is 0 Å². The number of nitrogens with zero attached hydrogens (tertiary/aromatic N) is 1. The Hall–Kier alpha value is -7.69. The third-order valence-corrected chi connectivity index (χ3v) is 12.3. The van der Waals surface area contributed by atoms with Gasteiger partial charge in [-0.25, -0.2) is 0 Å². The summed E-state index contributed by atoms with van der Waals surface area (Å²) in [6.45, 7) is 2.24. The number of rotatable bonds is 5. The summed E-state index contributed by atoms with van der Waals surface area (Å²) < 4.78 is 12.9. The van der Waals surface area contributed by atoms with Crippen LogP contribution in [-0.4, -0.2) is 5.71 Å². The number of hydrogen-bond donors (Lipinski definition) is 1. The van der Waals surface area contributed by atoms with E-state index >= 15 is 0 Å². The van der Waals surface area contributed by atoms with Gasteiger partial charge < -0.3 is 14.2 Å². The summed E-state index contributed by atoms with van der Waals surface area (Å²) in [6, 6.07) is 66.8. The lowest BCUT2D eigenvalue weighted by Crippen LogP contribution is -2.19. The number of furan rings is 2. The molecule has 60 heavy (non-hydrogen) atoms. The predicted molar refractivity (Wildman–Crippen MR) is 249 cm³/mol. The molecular formula is C56H38N2O2. The van der Waals surface area contributed by atoms with E-state index in [2.05, 4.69) is 188 Å². The second-order valence-electron chi connectivity index (χ2n) is 15.9. The highest BCUT2D eigenvalue weighted by molar-refractivity contribution is 6.17. The van der Waals surface area contributed by atoms with Gasteiger partial charge in [0.25, 0.3) is 0 Å². The maximum atomic E-state index is 6.51. The Labute approximate surface area is 346 Å². The van der Waals surface area contributed by atoms with Crippen LogP contribution in [0.4, 0.5) is 0 Å². The Bertz CT molecular complexity index is 3570. The molecule has 0 radical (unpaired) electrons. The summed E-state index contributed by atoms with van der Waals surface area (Å²) in [5.41, 5.74) is 14.9. The van der Waals surface area contributed by atoms with E-state index in [4.69, 9.17) is 13.8 Å². The van der Waals surface area contributed by atoms with Crippen molar-refractivity contribution in [3.8, 4) is 22.3 Å². The van der Waals surface area contributed by atoms with Crippen LogP contribution in [0, 0.1) is 0 Å². The molecule has 1 N–H and O–H groups in total. The lowest BCUT2D eigenvalue weighted by Gasteiger charge is -2.22. The van der Waals surface area contributed by atoms with Gasteiger partial charge in [0.15, 0.2) is 0 Å². The SMILES string of the molecule is CC1=C(c2cccc3oc4ccccc4c23)NC(c2ccc(-c3cccc4oc5ccc(-c6ccccc6)cc5c34)c3ccccc23)N=C(c2ccc3ccccc3c2)C1. The molecule has 9 aromatic carbocycles. The van der Waals surface area contributed by atoms with Crippen LogP contribution in [0.2, 0.25) is 0 Å². The highest BCUT2D eigenvalue weighted by Gasteiger charge is 2.26. The van der Waals surface area contributed by atoms with Gasteiger partial charge in [-0.3, -0.25) is 4.99 Å². The molecule has 0 fully saturated rings. The van der Waals surface area contributed by atoms with E-state index in [0.29, 0.717) is 6.42 Å². The van der Waals surface area contributed by atoms with Gasteiger partial charge in [-0.2, -0.15) is 0 Å². The van der Waals surface area contributed by atoms with Crippen LogP contribution >= 0.6 is 0 Å². The average molecular weight is 771 g/mol. The standard InChI is InChI=1S/C56H38N2O2/c1-34-31-48(39-26-25-36-15-5-6-16-37(36)32-39)57-56(58-55(34)46-21-12-24-52-54(46)45-19-9-10-22-49(45)59-52)44-29-28-42(40-17-7-8-18-41(40)44)43-20-11-23-51-53(43)47-33-38(27-30-50(47)60-51)35-13-3-2-4-14-35/h2-30,32-33,56,58H,31H2,1H3. The number of nitrogens with one attached hydrogen (secondary N) is 1. The van der Waals surface area contributed by atoms with E-state index in [0.717, 1.165) is 93.9 Å². The smallest absolute Gasteiger partial charge is 0.145 e. The number of para-hydroxylation sites is 1. The molecule has 0 bridgehead atoms. The molecule has 1 aliphatic heterocycles. The van der Waals surface area contributed by atoms with Gasteiger partial charge in [0, 0.05) is 50.5 Å². The molecule has 1 unspecified atom stereocenters. The highest BCUT2D eigenvalue weighted by atomic mass is 16.3. The van der Waals surface area contributed by atoms with Crippen molar-refractivity contribution >= 4 is 76.8 Å². The summed E-state index contributed by atoms with van der Waals surface area (Å²) in [6.07, 6.45) is 0.310. The Kier molecular flexibility index (Phi) is 7.85. The van der Waals surface area contributed by atoms with Gasteiger partial charge in [-0.15, -0.1) is 0 Å². The second-order valence-corrected chi connectivity index (χ2v) is 15.9. The van der Waals surface area contributed by atoms with E-state index in [-0.39, 0.29) is 6.17 Å². The Morgan fingerprint density at radius 1 is 0.450 bits per heavy atom. The van der Waals surface area contributed by atoms with E-state index in [1.165, 1.54) is 27.5 Å². The average Bonchev–Trinajstić information content (AvgIpc) is 3.83. The van der Waals surface area contributed by atoms with E-state index < -0.39 is 0 Å². The van der Waals surface area contributed by atoms with Gasteiger partial charge in [0.2, 0.25) is 0 Å². The Morgan fingerprint density at radius 2 is 1.10 bits per heavy atom. The Balaban J connectivity index is 1.05. The molecule has 4 nitrogen and oxygen atoms in total. The molecule has 0 saturated carbocycles. The van der Waals surface area contributed by atoms with Crippen molar-refractivity contribution in [2.75, 3.05) is 0 Å². The van der Waals surface area contributed by atoms with Crippen LogP contribution < -0.4 is 5.32 Å². The van der Waals surface area contributed by atoms with Crippen molar-refractivity contribution in [3.05, 3.63) is 210 Å². The molecule has 11 aromatic rings. The lowest BCUT2D eigenvalue weighted by atomic mass is 9.91. The zero-order valence-electron chi connectivity index (χ0n) is 32.9. The third-order valence-electron chi connectivity index (χ3n) is 12.3. The monoisotopic (exact) mass is 770 g/mol. The molecule has 3 heterocycles. The molecule has 0 amide bonds. The van der Waals surface area contributed by atoms with Gasteiger partial charge in [0.05, 0.1) is 0 Å². The highest BCUT2D eigenvalue weighted by Crippen LogP contribution is 2.43. The van der Waals surface area contributed by atoms with E-state index in [9.17, 15) is 0 Å². The van der Waals surface area contributed by atoms with Crippen LogP contribution in [0.1, 0.15) is 36.2 Å². The minimum absolute atomic E-state index is 0.384. The van der Waals surface area contributed by atoms with Crippen LogP contribution in [0.5, 0.6) is 0 Å². The Morgan fingerprint density at radius 3 is 1.93 bits per heavy atom. The topological polar surface area (TPSA) is 50.7 Å². The molecular weight excluding hydrogens is 733 g/mol. The number of fused-ring (bicyclic) bond motifs is 8. The third kappa shape index (κ3) is 5.56. The van der Waals surface area contributed by atoms with Crippen LogP contribution in [0.25, 0.3) is 93.4 Å². The minimum atomic E-state index is -0.384. The first-order chi connectivity index (χ1) is 29.6. The lowest BCUT2D eigenvalue weighted by molar-refractivity contribution is 0.668. The van der Waals surface area contributed by atoms with Gasteiger partial charge in [-0.1, -0.05) is 152 Å². The van der Waals surface area contributed by atoms with Gasteiger partial charge >= 0.3 is 0 Å². The number of aliphatic imine (C=N–C) groups is 1. The van der Waals surface area contributed by atoms with Crippen molar-refractivity contribution < 1.29 is 8.83 Å². The fourth-order valence-corrected chi connectivity index (χ4v) is 9.47. The molecule has 0 aliphatic carbocycles. The van der Waals surface area contributed by atoms with Crippen molar-refractivity contribution in [2.45, 2.75) is 19.5 Å². The van der Waals surface area contributed by atoms with Gasteiger partial charge in [0.1, 0.15) is 28.5 Å². The predicted octanol–water partition coefficient (Wildman–Crippen LogP) is 15.0. The first kappa shape index (κ1) is 34.4. The van der Waals surface area contributed by atoms with E-state index in [1.54, 1.807) is 0 Å². The summed E-state index contributed by atoms with van der Waals surface area (Å²) >= 11 is 0. The first-order valence-corrected chi connectivity index (χ1v) is 20.6. The summed E-state index contributed by atoms with van der Waals surface area (Å²) in [4.78, 5) is 5.68. The second kappa shape index (κ2) is 13.7. The maximum absolute atomic E-state index is 6.51. The van der Waals surface area contributed by atoms with Crippen molar-refractivity contribution in [1.82, 2.24) is 5.32 Å². The number of benzene rings is 9. The van der Waals surface area contributed by atoms with Crippen LogP contribution in [0.3, 0.4) is 0 Å². The molecule has 4 heteroatoms. The maximum Gasteiger partial charge on any atom is 0.145 e. The largest absolute Gasteiger partial charge is 0.456 e. The molecule has 12 rings (SSSR count). The zero-order valence-corrected chi connectivity index (χ0v) is 32.9. The summed E-state index contributed by atoms with van der Waals surface area (Å²) in [7, 11) is 0. The summed E-state index contributed by atoms with van der Waals surface area (Å²) in [5.74, 6) is 0. The molecule has 2 aromatic heterocycles. The van der Waals surface area contributed by atoms with Gasteiger partial charge in [-0.05, 0) is 98.3 Å². The molecule has 1 aliphatic rings. The number of hydrogen-bond acceptors (Lipinski definition) is 4. The number of allylic oxidation sites excluding steroid dienone is 1. The van der Waals surface area contributed by atoms with Crippen molar-refractivity contribution in [3.63, 3.8) is 0 Å². The molecule has 284 valence electrons.